The second-order valence-electron chi connectivity index (χ2n) is 5.16. The third kappa shape index (κ3) is 2.98. The fraction of sp³-hybridized carbons (Fsp3) is 0.267. The van der Waals surface area contributed by atoms with E-state index in [9.17, 15) is 9.59 Å². The van der Waals surface area contributed by atoms with Gasteiger partial charge in [-0.15, -0.1) is 11.3 Å². The van der Waals surface area contributed by atoms with Gasteiger partial charge in [0.25, 0.3) is 5.91 Å². The van der Waals surface area contributed by atoms with Gasteiger partial charge in [0.2, 0.25) is 5.91 Å². The van der Waals surface area contributed by atoms with E-state index in [0.717, 1.165) is 18.4 Å². The molecule has 1 fully saturated rings. The molecule has 3 rings (SSSR count). The lowest BCUT2D eigenvalue weighted by Crippen LogP contribution is -2.47. The molecular formula is C15H14ClN3O2S. The third-order valence-corrected chi connectivity index (χ3v) is 4.49. The number of hydrogen-bond donors (Lipinski definition) is 1. The summed E-state index contributed by atoms with van der Waals surface area (Å²) in [5.41, 5.74) is 5.58. The molecule has 1 saturated carbocycles. The van der Waals surface area contributed by atoms with Crippen LogP contribution in [0.1, 0.15) is 28.1 Å². The predicted octanol–water partition coefficient (Wildman–Crippen LogP) is 3.19. The fourth-order valence-electron chi connectivity index (χ4n) is 2.09. The summed E-state index contributed by atoms with van der Waals surface area (Å²) in [4.78, 5) is 29.2. The van der Waals surface area contributed by atoms with Crippen LogP contribution in [0.25, 0.3) is 0 Å². The summed E-state index contributed by atoms with van der Waals surface area (Å²) in [5, 5.41) is 1.65. The number of halogens is 1. The molecule has 0 unspecified atom stereocenters. The number of carbonyl (C=O) groups excluding carboxylic acids is 2. The quantitative estimate of drug-likeness (QED) is 0.876. The van der Waals surface area contributed by atoms with Gasteiger partial charge < -0.3 is 0 Å². The Bertz CT molecular complexity index is 693. The van der Waals surface area contributed by atoms with Crippen LogP contribution in [0.5, 0.6) is 0 Å². The summed E-state index contributed by atoms with van der Waals surface area (Å²) in [7, 11) is 0. The topological polar surface area (TPSA) is 62.3 Å². The van der Waals surface area contributed by atoms with Crippen molar-refractivity contribution in [2.45, 2.75) is 19.8 Å². The minimum Gasteiger partial charge on any atom is -0.273 e. The van der Waals surface area contributed by atoms with Crippen LogP contribution >= 0.6 is 22.9 Å². The minimum absolute atomic E-state index is 0.0143. The monoisotopic (exact) mass is 335 g/mol. The first-order chi connectivity index (χ1) is 10.6. The van der Waals surface area contributed by atoms with E-state index < -0.39 is 0 Å². The van der Waals surface area contributed by atoms with Crippen LogP contribution in [-0.2, 0) is 4.79 Å². The number of benzene rings is 1. The molecule has 0 spiro atoms. The molecule has 0 aliphatic heterocycles. The summed E-state index contributed by atoms with van der Waals surface area (Å²) >= 11 is 7.47. The lowest BCUT2D eigenvalue weighted by atomic mass is 10.2. The minimum atomic E-state index is -0.340. The van der Waals surface area contributed by atoms with Crippen molar-refractivity contribution < 1.29 is 9.59 Å². The Balaban J connectivity index is 1.98. The number of thiazole rings is 1. The van der Waals surface area contributed by atoms with Crippen molar-refractivity contribution >= 4 is 40.4 Å². The molecule has 1 aromatic heterocycles. The van der Waals surface area contributed by atoms with Gasteiger partial charge in [0.1, 0.15) is 4.88 Å². The SMILES string of the molecule is Cc1cccc(Cl)c1N(NC(=O)C1CC1)C(=O)c1cncs1. The molecule has 0 radical (unpaired) electrons. The Morgan fingerprint density at radius 2 is 2.18 bits per heavy atom. The van der Waals surface area contributed by atoms with Crippen LogP contribution in [-0.4, -0.2) is 16.8 Å². The number of nitrogens with one attached hydrogen (secondary N) is 1. The Hall–Kier alpha value is -1.92. The Morgan fingerprint density at radius 1 is 1.41 bits per heavy atom. The number of rotatable bonds is 3. The number of anilines is 1. The average Bonchev–Trinajstić information content (AvgIpc) is 3.20. The van der Waals surface area contributed by atoms with E-state index >= 15 is 0 Å². The number of nitrogens with zero attached hydrogens (tertiary/aromatic N) is 2. The molecule has 1 aromatic carbocycles. The van der Waals surface area contributed by atoms with Crippen LogP contribution in [0, 0.1) is 12.8 Å². The Morgan fingerprint density at radius 3 is 2.77 bits per heavy atom. The molecule has 0 saturated heterocycles. The lowest BCUT2D eigenvalue weighted by Gasteiger charge is -2.25. The van der Waals surface area contributed by atoms with Crippen molar-refractivity contribution in [3.63, 3.8) is 0 Å². The molecule has 114 valence electrons. The van der Waals surface area contributed by atoms with E-state index in [1.54, 1.807) is 17.6 Å². The Kier molecular flexibility index (Phi) is 4.13. The van der Waals surface area contributed by atoms with Gasteiger partial charge in [-0.25, -0.2) is 5.01 Å². The van der Waals surface area contributed by atoms with Crippen LogP contribution < -0.4 is 10.4 Å². The molecule has 1 aliphatic carbocycles. The first-order valence-corrected chi connectivity index (χ1v) is 8.12. The number of hydrogen-bond acceptors (Lipinski definition) is 4. The van der Waals surface area contributed by atoms with Gasteiger partial charge in [-0.2, -0.15) is 0 Å². The van der Waals surface area contributed by atoms with E-state index in [4.69, 9.17) is 11.6 Å². The maximum absolute atomic E-state index is 12.7. The van der Waals surface area contributed by atoms with E-state index in [2.05, 4.69) is 10.4 Å². The van der Waals surface area contributed by atoms with Crippen LogP contribution in [0.3, 0.4) is 0 Å². The zero-order valence-electron chi connectivity index (χ0n) is 11.9. The number of aromatic nitrogens is 1. The molecule has 0 atom stereocenters. The van der Waals surface area contributed by atoms with Crippen molar-refractivity contribution in [1.82, 2.24) is 10.4 Å². The van der Waals surface area contributed by atoms with Gasteiger partial charge in [0.15, 0.2) is 0 Å². The molecule has 0 bridgehead atoms. The largest absolute Gasteiger partial charge is 0.288 e. The summed E-state index contributed by atoms with van der Waals surface area (Å²) in [5.74, 6) is -0.510. The average molecular weight is 336 g/mol. The summed E-state index contributed by atoms with van der Waals surface area (Å²) in [6.07, 6.45) is 3.20. The number of hydrazine groups is 1. The third-order valence-electron chi connectivity index (χ3n) is 3.43. The van der Waals surface area contributed by atoms with Crippen LogP contribution in [0.15, 0.2) is 29.9 Å². The number of aryl methyl sites for hydroxylation is 1. The van der Waals surface area contributed by atoms with Crippen molar-refractivity contribution in [2.24, 2.45) is 5.92 Å². The predicted molar refractivity (Wildman–Crippen MR) is 86.0 cm³/mol. The fourth-order valence-corrected chi connectivity index (χ4v) is 2.95. The second kappa shape index (κ2) is 6.06. The van der Waals surface area contributed by atoms with Gasteiger partial charge >= 0.3 is 0 Å². The maximum Gasteiger partial charge on any atom is 0.288 e. The Labute approximate surface area is 136 Å². The van der Waals surface area contributed by atoms with Gasteiger partial charge in [-0.05, 0) is 31.4 Å². The number of para-hydroxylation sites is 1. The lowest BCUT2D eigenvalue weighted by molar-refractivity contribution is -0.122. The van der Waals surface area contributed by atoms with Crippen LogP contribution in [0.4, 0.5) is 5.69 Å². The smallest absolute Gasteiger partial charge is 0.273 e. The molecule has 7 heteroatoms. The van der Waals surface area contributed by atoms with Crippen molar-refractivity contribution in [3.05, 3.63) is 45.4 Å². The van der Waals surface area contributed by atoms with E-state index in [0.29, 0.717) is 15.6 Å². The van der Waals surface area contributed by atoms with Gasteiger partial charge in [-0.1, -0.05) is 23.7 Å². The highest BCUT2D eigenvalue weighted by Gasteiger charge is 2.33. The van der Waals surface area contributed by atoms with Gasteiger partial charge in [-0.3, -0.25) is 20.0 Å². The molecule has 2 aromatic rings. The summed E-state index contributed by atoms with van der Waals surface area (Å²) in [6.45, 7) is 1.84. The summed E-state index contributed by atoms with van der Waals surface area (Å²) in [6, 6.07) is 5.34. The number of carbonyl (C=O) groups is 2. The van der Waals surface area contributed by atoms with Crippen molar-refractivity contribution in [2.75, 3.05) is 5.01 Å². The van der Waals surface area contributed by atoms with E-state index in [1.165, 1.54) is 22.5 Å². The molecular weight excluding hydrogens is 322 g/mol. The standard InChI is InChI=1S/C15H14ClN3O2S/c1-9-3-2-4-11(16)13(9)19(18-14(20)10-5-6-10)15(21)12-7-17-8-22-12/h2-4,7-8,10H,5-6H2,1H3,(H,18,20). The van der Waals surface area contributed by atoms with Gasteiger partial charge in [0, 0.05) is 5.92 Å². The van der Waals surface area contributed by atoms with Gasteiger partial charge in [0.05, 0.1) is 22.4 Å². The van der Waals surface area contributed by atoms with Crippen molar-refractivity contribution in [1.29, 1.82) is 0 Å². The van der Waals surface area contributed by atoms with Crippen LogP contribution in [0.2, 0.25) is 5.02 Å². The second-order valence-corrected chi connectivity index (χ2v) is 6.46. The van der Waals surface area contributed by atoms with E-state index in [1.807, 2.05) is 13.0 Å². The highest BCUT2D eigenvalue weighted by molar-refractivity contribution is 7.11. The molecule has 1 N–H and O–H groups in total. The first kappa shape index (κ1) is 15.0. The molecule has 22 heavy (non-hydrogen) atoms. The number of amides is 2. The molecule has 2 amide bonds. The normalized spacial score (nSPS) is 13.7. The molecule has 5 nitrogen and oxygen atoms in total. The molecule has 1 aliphatic rings. The zero-order valence-corrected chi connectivity index (χ0v) is 13.4. The maximum atomic E-state index is 12.7. The zero-order chi connectivity index (χ0) is 15.7. The highest BCUT2D eigenvalue weighted by atomic mass is 35.5. The highest BCUT2D eigenvalue weighted by Crippen LogP contribution is 2.32. The molecule has 1 heterocycles. The first-order valence-electron chi connectivity index (χ1n) is 6.86. The van der Waals surface area contributed by atoms with Crippen molar-refractivity contribution in [3.8, 4) is 0 Å². The summed E-state index contributed by atoms with van der Waals surface area (Å²) < 4.78 is 0. The van der Waals surface area contributed by atoms with E-state index in [-0.39, 0.29) is 17.7 Å².